The molecular formula is C12H22O5. The van der Waals surface area contributed by atoms with Crippen molar-refractivity contribution in [1.82, 2.24) is 0 Å². The molecule has 0 saturated carbocycles. The molecule has 0 spiro atoms. The molecular weight excluding hydrogens is 224 g/mol. The normalized spacial score (nSPS) is 14.1. The van der Waals surface area contributed by atoms with E-state index in [0.29, 0.717) is 0 Å². The van der Waals surface area contributed by atoms with Gasteiger partial charge in [0.15, 0.2) is 6.10 Å². The molecule has 5 heteroatoms. The van der Waals surface area contributed by atoms with Crippen LogP contribution in [-0.2, 0) is 19.1 Å². The summed E-state index contributed by atoms with van der Waals surface area (Å²) in [7, 11) is 0. The largest absolute Gasteiger partial charge is 0.460 e. The van der Waals surface area contributed by atoms with Gasteiger partial charge < -0.3 is 14.6 Å². The topological polar surface area (TPSA) is 72.8 Å². The zero-order valence-electron chi connectivity index (χ0n) is 11.4. The number of esters is 2. The molecule has 100 valence electrons. The summed E-state index contributed by atoms with van der Waals surface area (Å²) >= 11 is 0. The van der Waals surface area contributed by atoms with Crippen LogP contribution >= 0.6 is 0 Å². The summed E-state index contributed by atoms with van der Waals surface area (Å²) in [5.41, 5.74) is -1.32. The van der Waals surface area contributed by atoms with Crippen LogP contribution in [0.5, 0.6) is 0 Å². The van der Waals surface area contributed by atoms with Gasteiger partial charge in [0.05, 0.1) is 6.42 Å². The molecule has 1 N–H and O–H groups in total. The van der Waals surface area contributed by atoms with Crippen LogP contribution in [-0.4, -0.2) is 34.4 Å². The summed E-state index contributed by atoms with van der Waals surface area (Å²) in [6.07, 6.45) is -1.88. The van der Waals surface area contributed by atoms with Crippen molar-refractivity contribution in [3.8, 4) is 0 Å². The third-order valence-corrected chi connectivity index (χ3v) is 1.46. The van der Waals surface area contributed by atoms with E-state index in [1.165, 1.54) is 0 Å². The van der Waals surface area contributed by atoms with Gasteiger partial charge in [-0.15, -0.1) is 0 Å². The summed E-state index contributed by atoms with van der Waals surface area (Å²) in [4.78, 5) is 22.7. The molecule has 0 amide bonds. The second-order valence-corrected chi connectivity index (χ2v) is 5.84. The lowest BCUT2D eigenvalue weighted by Crippen LogP contribution is -2.34. The van der Waals surface area contributed by atoms with Crippen LogP contribution in [0.1, 0.15) is 48.0 Å². The van der Waals surface area contributed by atoms with Crippen LogP contribution in [0, 0.1) is 0 Å². The number of aliphatic hydroxyl groups excluding tert-OH is 1. The predicted molar refractivity (Wildman–Crippen MR) is 62.3 cm³/mol. The average molecular weight is 246 g/mol. The first-order valence-corrected chi connectivity index (χ1v) is 5.53. The lowest BCUT2D eigenvalue weighted by molar-refractivity contribution is -0.172. The third kappa shape index (κ3) is 8.68. The van der Waals surface area contributed by atoms with E-state index in [9.17, 15) is 14.7 Å². The van der Waals surface area contributed by atoms with Crippen molar-refractivity contribution in [2.75, 3.05) is 0 Å². The van der Waals surface area contributed by atoms with E-state index in [4.69, 9.17) is 9.47 Å². The van der Waals surface area contributed by atoms with E-state index >= 15 is 0 Å². The first-order valence-electron chi connectivity index (χ1n) is 5.53. The highest BCUT2D eigenvalue weighted by atomic mass is 16.6. The Bertz CT molecular complexity index is 282. The van der Waals surface area contributed by atoms with Crippen molar-refractivity contribution < 1.29 is 24.2 Å². The quantitative estimate of drug-likeness (QED) is 0.762. The number of hydrogen-bond acceptors (Lipinski definition) is 5. The highest BCUT2D eigenvalue weighted by molar-refractivity contribution is 5.81. The standard InChI is InChI=1S/C12H22O5/c1-11(2,3)16-9(14)7-8(13)10(15)17-12(4,5)6/h8,13H,7H2,1-6H3/t8-/m1/s1. The lowest BCUT2D eigenvalue weighted by atomic mass is 10.1. The van der Waals surface area contributed by atoms with E-state index in [1.54, 1.807) is 41.5 Å². The maximum absolute atomic E-state index is 11.4. The van der Waals surface area contributed by atoms with Crippen LogP contribution in [0.25, 0.3) is 0 Å². The molecule has 0 aromatic carbocycles. The smallest absolute Gasteiger partial charge is 0.336 e. The summed E-state index contributed by atoms with van der Waals surface area (Å²) < 4.78 is 9.92. The highest BCUT2D eigenvalue weighted by Crippen LogP contribution is 2.12. The van der Waals surface area contributed by atoms with E-state index < -0.39 is 35.7 Å². The molecule has 0 aromatic heterocycles. The predicted octanol–water partition coefficient (Wildman–Crippen LogP) is 1.42. The zero-order valence-corrected chi connectivity index (χ0v) is 11.4. The molecule has 5 nitrogen and oxygen atoms in total. The summed E-state index contributed by atoms with van der Waals surface area (Å²) in [6.45, 7) is 10.2. The average Bonchev–Trinajstić information content (AvgIpc) is 1.95. The van der Waals surface area contributed by atoms with Crippen molar-refractivity contribution >= 4 is 11.9 Å². The maximum Gasteiger partial charge on any atom is 0.336 e. The van der Waals surface area contributed by atoms with Crippen molar-refractivity contribution in [2.24, 2.45) is 0 Å². The molecule has 0 fully saturated rings. The molecule has 0 aromatic rings. The zero-order chi connectivity index (χ0) is 13.9. The van der Waals surface area contributed by atoms with E-state index in [1.807, 2.05) is 0 Å². The lowest BCUT2D eigenvalue weighted by Gasteiger charge is -2.23. The summed E-state index contributed by atoms with van der Waals surface area (Å²) in [5.74, 6) is -1.45. The molecule has 0 rings (SSSR count). The van der Waals surface area contributed by atoms with Gasteiger partial charge in [-0.25, -0.2) is 4.79 Å². The van der Waals surface area contributed by atoms with Crippen molar-refractivity contribution in [1.29, 1.82) is 0 Å². The van der Waals surface area contributed by atoms with Crippen LogP contribution in [0.15, 0.2) is 0 Å². The Morgan fingerprint density at radius 2 is 1.41 bits per heavy atom. The third-order valence-electron chi connectivity index (χ3n) is 1.46. The van der Waals surface area contributed by atoms with Gasteiger partial charge in [-0.1, -0.05) is 0 Å². The molecule has 17 heavy (non-hydrogen) atoms. The molecule has 0 aliphatic carbocycles. The number of ether oxygens (including phenoxy) is 2. The first-order chi connectivity index (χ1) is 7.41. The molecule has 0 bridgehead atoms. The van der Waals surface area contributed by atoms with Crippen molar-refractivity contribution in [3.63, 3.8) is 0 Å². The highest BCUT2D eigenvalue weighted by Gasteiger charge is 2.27. The van der Waals surface area contributed by atoms with E-state index in [2.05, 4.69) is 0 Å². The Morgan fingerprint density at radius 1 is 1.00 bits per heavy atom. The molecule has 0 unspecified atom stereocenters. The fraction of sp³-hybridized carbons (Fsp3) is 0.833. The Kier molecular flexibility index (Phi) is 5.13. The summed E-state index contributed by atoms with van der Waals surface area (Å²) in [5, 5.41) is 9.47. The number of carbonyl (C=O) groups excluding carboxylic acids is 2. The van der Waals surface area contributed by atoms with Gasteiger partial charge in [-0.3, -0.25) is 4.79 Å². The molecule has 0 heterocycles. The minimum absolute atomic E-state index is 0.397. The molecule has 1 atom stereocenters. The van der Waals surface area contributed by atoms with Crippen LogP contribution < -0.4 is 0 Å². The second kappa shape index (κ2) is 5.49. The molecule has 0 radical (unpaired) electrons. The molecule has 0 aliphatic heterocycles. The van der Waals surface area contributed by atoms with Crippen LogP contribution in [0.4, 0.5) is 0 Å². The van der Waals surface area contributed by atoms with Gasteiger partial charge in [0.1, 0.15) is 11.2 Å². The van der Waals surface area contributed by atoms with Gasteiger partial charge in [0, 0.05) is 0 Å². The Balaban J connectivity index is 4.22. The van der Waals surface area contributed by atoms with E-state index in [-0.39, 0.29) is 0 Å². The number of hydrogen-bond donors (Lipinski definition) is 1. The number of rotatable bonds is 3. The van der Waals surface area contributed by atoms with Crippen LogP contribution in [0.2, 0.25) is 0 Å². The van der Waals surface area contributed by atoms with Gasteiger partial charge in [0.25, 0.3) is 0 Å². The molecule has 0 saturated heterocycles. The second-order valence-electron chi connectivity index (χ2n) is 5.84. The Morgan fingerprint density at radius 3 is 1.76 bits per heavy atom. The van der Waals surface area contributed by atoms with Crippen molar-refractivity contribution in [3.05, 3.63) is 0 Å². The van der Waals surface area contributed by atoms with E-state index in [0.717, 1.165) is 0 Å². The maximum atomic E-state index is 11.4. The number of aliphatic hydroxyl groups is 1. The number of carbonyl (C=O) groups is 2. The van der Waals surface area contributed by atoms with Gasteiger partial charge in [0.2, 0.25) is 0 Å². The fourth-order valence-corrected chi connectivity index (χ4v) is 0.994. The Labute approximate surface area is 102 Å². The van der Waals surface area contributed by atoms with Gasteiger partial charge >= 0.3 is 11.9 Å². The first kappa shape index (κ1) is 15.9. The summed E-state index contributed by atoms with van der Waals surface area (Å²) in [6, 6.07) is 0. The van der Waals surface area contributed by atoms with Gasteiger partial charge in [-0.05, 0) is 41.5 Å². The monoisotopic (exact) mass is 246 g/mol. The minimum atomic E-state index is -1.48. The SMILES string of the molecule is CC(C)(C)OC(=O)C[C@@H](O)C(=O)OC(C)(C)C. The van der Waals surface area contributed by atoms with Gasteiger partial charge in [-0.2, -0.15) is 0 Å². The Hall–Kier alpha value is -1.10. The van der Waals surface area contributed by atoms with Crippen LogP contribution in [0.3, 0.4) is 0 Å². The molecule has 0 aliphatic rings. The fourth-order valence-electron chi connectivity index (χ4n) is 0.994. The van der Waals surface area contributed by atoms with Crippen molar-refractivity contribution in [2.45, 2.75) is 65.3 Å². The minimum Gasteiger partial charge on any atom is -0.460 e.